The lowest BCUT2D eigenvalue weighted by Gasteiger charge is -2.05. The van der Waals surface area contributed by atoms with E-state index in [2.05, 4.69) is 111 Å². The van der Waals surface area contributed by atoms with Gasteiger partial charge in [-0.15, -0.1) is 0 Å². The minimum Gasteiger partial charge on any atom is -0.0654 e. The molecule has 4 rings (SSSR count). The summed E-state index contributed by atoms with van der Waals surface area (Å²) in [5, 5.41) is 2.57. The van der Waals surface area contributed by atoms with Gasteiger partial charge in [-0.3, -0.25) is 0 Å². The van der Waals surface area contributed by atoms with Crippen molar-refractivity contribution in [2.75, 3.05) is 0 Å². The molecule has 0 amide bonds. The Morgan fingerprint density at radius 3 is 1.76 bits per heavy atom. The van der Waals surface area contributed by atoms with Gasteiger partial charge in [0.2, 0.25) is 0 Å². The zero-order valence-electron chi connectivity index (χ0n) is 20.0. The Hall–Kier alpha value is -3.30. The van der Waals surface area contributed by atoms with Crippen LogP contribution in [0.3, 0.4) is 0 Å². The van der Waals surface area contributed by atoms with Crippen molar-refractivity contribution in [2.45, 2.75) is 58.8 Å². The summed E-state index contributed by atoms with van der Waals surface area (Å²) in [7, 11) is 0. The van der Waals surface area contributed by atoms with E-state index < -0.39 is 0 Å². The van der Waals surface area contributed by atoms with Crippen molar-refractivity contribution in [3.63, 3.8) is 0 Å². The zero-order valence-corrected chi connectivity index (χ0v) is 20.0. The largest absolute Gasteiger partial charge is 0.0654 e. The summed E-state index contributed by atoms with van der Waals surface area (Å²) < 4.78 is 0. The van der Waals surface area contributed by atoms with E-state index in [4.69, 9.17) is 0 Å². The van der Waals surface area contributed by atoms with Gasteiger partial charge < -0.3 is 0 Å². The smallest absolute Gasteiger partial charge is 0.0255 e. The molecule has 0 heterocycles. The second kappa shape index (κ2) is 11.5. The van der Waals surface area contributed by atoms with Gasteiger partial charge in [0.15, 0.2) is 0 Å². The van der Waals surface area contributed by atoms with Crippen LogP contribution in [0.1, 0.15) is 68.2 Å². The fraction of sp³-hybridized carbons (Fsp3) is 0.273. The summed E-state index contributed by atoms with van der Waals surface area (Å²) >= 11 is 0. The number of benzene rings is 4. The molecule has 4 aromatic carbocycles. The van der Waals surface area contributed by atoms with E-state index in [1.54, 1.807) is 0 Å². The van der Waals surface area contributed by atoms with E-state index in [9.17, 15) is 0 Å². The fourth-order valence-corrected chi connectivity index (χ4v) is 4.24. The maximum atomic E-state index is 3.35. The number of aryl methyl sites for hydroxylation is 2. The Morgan fingerprint density at radius 2 is 1.03 bits per heavy atom. The van der Waals surface area contributed by atoms with Crippen LogP contribution in [0.4, 0.5) is 0 Å². The molecule has 0 saturated heterocycles. The van der Waals surface area contributed by atoms with E-state index >= 15 is 0 Å². The predicted octanol–water partition coefficient (Wildman–Crippen LogP) is 8.98. The summed E-state index contributed by atoms with van der Waals surface area (Å²) in [4.78, 5) is 0. The van der Waals surface area contributed by atoms with Crippen molar-refractivity contribution in [3.8, 4) is 23.0 Å². The van der Waals surface area contributed by atoms with Crippen LogP contribution in [0, 0.1) is 11.8 Å². The highest BCUT2D eigenvalue weighted by atomic mass is 14.0. The van der Waals surface area contributed by atoms with Crippen LogP contribution in [0.25, 0.3) is 21.9 Å². The van der Waals surface area contributed by atoms with Crippen molar-refractivity contribution >= 4 is 10.8 Å². The van der Waals surface area contributed by atoms with E-state index in [-0.39, 0.29) is 0 Å². The molecule has 0 aliphatic heterocycles. The molecule has 0 heteroatoms. The predicted molar refractivity (Wildman–Crippen MR) is 144 cm³/mol. The molecule has 0 fully saturated rings. The van der Waals surface area contributed by atoms with Crippen molar-refractivity contribution in [3.05, 3.63) is 107 Å². The van der Waals surface area contributed by atoms with Gasteiger partial charge in [0.05, 0.1) is 0 Å². The average Bonchev–Trinajstić information content (AvgIpc) is 2.87. The lowest BCUT2D eigenvalue weighted by molar-refractivity contribution is 0.718. The first-order valence-electron chi connectivity index (χ1n) is 12.5. The van der Waals surface area contributed by atoms with Crippen LogP contribution in [-0.4, -0.2) is 0 Å². The van der Waals surface area contributed by atoms with E-state index in [1.165, 1.54) is 78.0 Å². The molecular weight excluding hydrogens is 396 g/mol. The third-order valence-electron chi connectivity index (χ3n) is 6.32. The molecule has 0 N–H and O–H groups in total. The molecule has 0 aromatic heterocycles. The number of hydrogen-bond donors (Lipinski definition) is 0. The Kier molecular flexibility index (Phi) is 7.99. The molecule has 0 atom stereocenters. The molecule has 0 spiro atoms. The lowest BCUT2D eigenvalue weighted by Crippen LogP contribution is -1.86. The molecule has 4 aromatic rings. The minimum absolute atomic E-state index is 1.05. The van der Waals surface area contributed by atoms with E-state index in [1.807, 2.05) is 0 Å². The Labute approximate surface area is 199 Å². The minimum atomic E-state index is 1.05. The SMILES string of the molecule is CCCCCc1ccc2cc(C#Cc3ccc(-c4ccc(CCCC)cc4)cc3)ccc2c1. The molecule has 0 aliphatic carbocycles. The van der Waals surface area contributed by atoms with Gasteiger partial charge in [-0.1, -0.05) is 106 Å². The van der Waals surface area contributed by atoms with Gasteiger partial charge in [-0.25, -0.2) is 0 Å². The molecule has 0 bridgehead atoms. The number of fused-ring (bicyclic) bond motifs is 1. The van der Waals surface area contributed by atoms with Gasteiger partial charge in [-0.2, -0.15) is 0 Å². The van der Waals surface area contributed by atoms with Crippen molar-refractivity contribution in [2.24, 2.45) is 0 Å². The van der Waals surface area contributed by atoms with Gasteiger partial charge in [-0.05, 0) is 83.0 Å². The van der Waals surface area contributed by atoms with E-state index in [0.717, 1.165) is 11.1 Å². The number of hydrogen-bond acceptors (Lipinski definition) is 0. The fourth-order valence-electron chi connectivity index (χ4n) is 4.24. The summed E-state index contributed by atoms with van der Waals surface area (Å²) in [6, 6.07) is 30.9. The first-order chi connectivity index (χ1) is 16.2. The molecule has 0 radical (unpaired) electrons. The molecule has 166 valence electrons. The molecule has 0 unspecified atom stereocenters. The van der Waals surface area contributed by atoms with Crippen LogP contribution in [-0.2, 0) is 12.8 Å². The van der Waals surface area contributed by atoms with Crippen LogP contribution >= 0.6 is 0 Å². The highest BCUT2D eigenvalue weighted by Crippen LogP contribution is 2.22. The topological polar surface area (TPSA) is 0 Å². The van der Waals surface area contributed by atoms with E-state index in [0.29, 0.717) is 0 Å². The maximum Gasteiger partial charge on any atom is 0.0255 e. The van der Waals surface area contributed by atoms with Gasteiger partial charge in [0.1, 0.15) is 0 Å². The molecular formula is C33H34. The van der Waals surface area contributed by atoms with Crippen LogP contribution in [0.15, 0.2) is 84.9 Å². The average molecular weight is 431 g/mol. The molecule has 33 heavy (non-hydrogen) atoms. The normalized spacial score (nSPS) is 10.7. The monoisotopic (exact) mass is 430 g/mol. The van der Waals surface area contributed by atoms with Crippen molar-refractivity contribution in [1.82, 2.24) is 0 Å². The second-order valence-corrected chi connectivity index (χ2v) is 8.98. The summed E-state index contributed by atoms with van der Waals surface area (Å²) in [5.74, 6) is 6.68. The first-order valence-corrected chi connectivity index (χ1v) is 12.5. The zero-order chi connectivity index (χ0) is 22.9. The molecule has 0 saturated carbocycles. The Bertz CT molecular complexity index is 1230. The quantitative estimate of drug-likeness (QED) is 0.193. The van der Waals surface area contributed by atoms with Gasteiger partial charge >= 0.3 is 0 Å². The standard InChI is InChI=1S/C33H34/c1-3-5-7-9-28-16-22-33-25-29(17-23-32(33)24-28)11-10-27-14-20-31(21-15-27)30-18-12-26(13-19-30)8-6-4-2/h12-25H,3-9H2,1-2H3. The van der Waals surface area contributed by atoms with Crippen molar-refractivity contribution < 1.29 is 0 Å². The molecule has 0 nitrogen and oxygen atoms in total. The van der Waals surface area contributed by atoms with Gasteiger partial charge in [0.25, 0.3) is 0 Å². The second-order valence-electron chi connectivity index (χ2n) is 8.98. The summed E-state index contributed by atoms with van der Waals surface area (Å²) in [6.07, 6.45) is 8.68. The highest BCUT2D eigenvalue weighted by Gasteiger charge is 2.00. The Balaban J connectivity index is 1.43. The number of rotatable bonds is 8. The van der Waals surface area contributed by atoms with Crippen LogP contribution in [0.5, 0.6) is 0 Å². The van der Waals surface area contributed by atoms with Crippen molar-refractivity contribution in [1.29, 1.82) is 0 Å². The van der Waals surface area contributed by atoms with Gasteiger partial charge in [0, 0.05) is 11.1 Å². The summed E-state index contributed by atoms with van der Waals surface area (Å²) in [6.45, 7) is 4.49. The highest BCUT2D eigenvalue weighted by molar-refractivity contribution is 5.84. The van der Waals surface area contributed by atoms with Crippen LogP contribution < -0.4 is 0 Å². The first kappa shape index (κ1) is 22.9. The third-order valence-corrected chi connectivity index (χ3v) is 6.32. The molecule has 0 aliphatic rings. The maximum absolute atomic E-state index is 3.35. The summed E-state index contributed by atoms with van der Waals surface area (Å²) in [5.41, 5.74) is 7.47. The number of unbranched alkanes of at least 4 members (excludes halogenated alkanes) is 3. The lowest BCUT2D eigenvalue weighted by atomic mass is 10.0. The Morgan fingerprint density at radius 1 is 0.485 bits per heavy atom. The van der Waals surface area contributed by atoms with Crippen LogP contribution in [0.2, 0.25) is 0 Å². The third kappa shape index (κ3) is 6.36.